The Hall–Kier alpha value is -1.51. The SMILES string of the molecule is N/C(=N\O)C1Cc2ccc3c(c2C1)CCCC3. The van der Waals surface area contributed by atoms with Crippen molar-refractivity contribution < 1.29 is 5.21 Å². The minimum absolute atomic E-state index is 0.198. The van der Waals surface area contributed by atoms with Crippen molar-refractivity contribution in [2.24, 2.45) is 16.8 Å². The zero-order valence-corrected chi connectivity index (χ0v) is 9.95. The predicted octanol–water partition coefficient (Wildman–Crippen LogP) is 2.03. The summed E-state index contributed by atoms with van der Waals surface area (Å²) in [5.41, 5.74) is 11.7. The van der Waals surface area contributed by atoms with E-state index in [1.165, 1.54) is 42.4 Å². The van der Waals surface area contributed by atoms with Crippen LogP contribution in [0.15, 0.2) is 17.3 Å². The molecule has 17 heavy (non-hydrogen) atoms. The molecule has 0 aromatic heterocycles. The van der Waals surface area contributed by atoms with E-state index in [2.05, 4.69) is 17.3 Å². The van der Waals surface area contributed by atoms with Gasteiger partial charge >= 0.3 is 0 Å². The van der Waals surface area contributed by atoms with Crippen LogP contribution in [0.3, 0.4) is 0 Å². The summed E-state index contributed by atoms with van der Waals surface area (Å²) in [4.78, 5) is 0. The molecule has 0 fully saturated rings. The third-order valence-corrected chi connectivity index (χ3v) is 4.20. The van der Waals surface area contributed by atoms with Gasteiger partial charge in [-0.2, -0.15) is 0 Å². The highest BCUT2D eigenvalue weighted by molar-refractivity contribution is 5.83. The van der Waals surface area contributed by atoms with Gasteiger partial charge in [-0.05, 0) is 60.8 Å². The predicted molar refractivity (Wildman–Crippen MR) is 67.4 cm³/mol. The second-order valence-electron chi connectivity index (χ2n) is 5.18. The number of hydrogen-bond acceptors (Lipinski definition) is 2. The molecular weight excluding hydrogens is 212 g/mol. The van der Waals surface area contributed by atoms with E-state index in [9.17, 15) is 0 Å². The van der Waals surface area contributed by atoms with Gasteiger partial charge in [-0.1, -0.05) is 17.3 Å². The van der Waals surface area contributed by atoms with Crippen LogP contribution in [-0.4, -0.2) is 11.0 Å². The molecule has 3 rings (SSSR count). The Morgan fingerprint density at radius 2 is 1.88 bits per heavy atom. The van der Waals surface area contributed by atoms with Crippen LogP contribution >= 0.6 is 0 Å². The van der Waals surface area contributed by atoms with Crippen molar-refractivity contribution >= 4 is 5.84 Å². The van der Waals surface area contributed by atoms with Gasteiger partial charge in [0.1, 0.15) is 5.84 Å². The Kier molecular flexibility index (Phi) is 2.54. The lowest BCUT2D eigenvalue weighted by atomic mass is 9.86. The summed E-state index contributed by atoms with van der Waals surface area (Å²) in [5.74, 6) is 0.578. The van der Waals surface area contributed by atoms with E-state index < -0.39 is 0 Å². The Morgan fingerprint density at radius 1 is 1.12 bits per heavy atom. The molecule has 0 bridgehead atoms. The fraction of sp³-hybridized carbons (Fsp3) is 0.500. The number of nitrogens with two attached hydrogens (primary N) is 1. The minimum Gasteiger partial charge on any atom is -0.409 e. The lowest BCUT2D eigenvalue weighted by molar-refractivity contribution is 0.314. The maximum atomic E-state index is 8.78. The highest BCUT2D eigenvalue weighted by Gasteiger charge is 2.28. The summed E-state index contributed by atoms with van der Waals surface area (Å²) in [6, 6.07) is 4.52. The molecule has 1 atom stereocenters. The molecule has 2 aliphatic rings. The van der Waals surface area contributed by atoms with Crippen LogP contribution in [0, 0.1) is 5.92 Å². The van der Waals surface area contributed by atoms with Gasteiger partial charge in [0.2, 0.25) is 0 Å². The Balaban J connectivity index is 1.97. The van der Waals surface area contributed by atoms with Crippen LogP contribution in [0.1, 0.15) is 35.1 Å². The third-order valence-electron chi connectivity index (χ3n) is 4.20. The van der Waals surface area contributed by atoms with Gasteiger partial charge in [-0.3, -0.25) is 0 Å². The lowest BCUT2D eigenvalue weighted by Crippen LogP contribution is -2.24. The van der Waals surface area contributed by atoms with Gasteiger partial charge in [0.25, 0.3) is 0 Å². The van der Waals surface area contributed by atoms with Crippen molar-refractivity contribution in [1.82, 2.24) is 0 Å². The second kappa shape index (κ2) is 4.06. The molecule has 1 aromatic rings. The van der Waals surface area contributed by atoms with E-state index in [1.54, 1.807) is 5.56 Å². The molecule has 2 aliphatic carbocycles. The molecule has 0 saturated heterocycles. The van der Waals surface area contributed by atoms with E-state index >= 15 is 0 Å². The first-order chi connectivity index (χ1) is 8.29. The molecule has 1 unspecified atom stereocenters. The number of oxime groups is 1. The average molecular weight is 230 g/mol. The summed E-state index contributed by atoms with van der Waals surface area (Å²) >= 11 is 0. The summed E-state index contributed by atoms with van der Waals surface area (Å²) < 4.78 is 0. The van der Waals surface area contributed by atoms with E-state index in [4.69, 9.17) is 10.9 Å². The van der Waals surface area contributed by atoms with E-state index in [1.807, 2.05) is 0 Å². The highest BCUT2D eigenvalue weighted by atomic mass is 16.4. The van der Waals surface area contributed by atoms with Crippen LogP contribution in [0.4, 0.5) is 0 Å². The first-order valence-electron chi connectivity index (χ1n) is 6.39. The topological polar surface area (TPSA) is 58.6 Å². The molecule has 0 heterocycles. The highest BCUT2D eigenvalue weighted by Crippen LogP contribution is 2.34. The maximum Gasteiger partial charge on any atom is 0.142 e. The maximum absolute atomic E-state index is 8.78. The largest absolute Gasteiger partial charge is 0.409 e. The van der Waals surface area contributed by atoms with Crippen molar-refractivity contribution in [3.8, 4) is 0 Å². The van der Waals surface area contributed by atoms with Crippen molar-refractivity contribution in [3.63, 3.8) is 0 Å². The zero-order chi connectivity index (χ0) is 11.8. The molecule has 0 spiro atoms. The van der Waals surface area contributed by atoms with Gasteiger partial charge in [0.15, 0.2) is 0 Å². The summed E-state index contributed by atoms with van der Waals surface area (Å²) in [6.07, 6.45) is 6.93. The lowest BCUT2D eigenvalue weighted by Gasteiger charge is -2.19. The van der Waals surface area contributed by atoms with Gasteiger partial charge in [-0.15, -0.1) is 0 Å². The van der Waals surface area contributed by atoms with Crippen molar-refractivity contribution in [2.45, 2.75) is 38.5 Å². The Labute approximate surface area is 101 Å². The zero-order valence-electron chi connectivity index (χ0n) is 9.95. The smallest absolute Gasteiger partial charge is 0.142 e. The van der Waals surface area contributed by atoms with Crippen molar-refractivity contribution in [1.29, 1.82) is 0 Å². The third kappa shape index (κ3) is 1.70. The Morgan fingerprint density at radius 3 is 2.71 bits per heavy atom. The first-order valence-corrected chi connectivity index (χ1v) is 6.39. The van der Waals surface area contributed by atoms with Crippen LogP contribution in [0.5, 0.6) is 0 Å². The summed E-state index contributed by atoms with van der Waals surface area (Å²) in [6.45, 7) is 0. The molecule has 0 aliphatic heterocycles. The molecule has 3 nitrogen and oxygen atoms in total. The molecule has 0 amide bonds. The number of rotatable bonds is 1. The van der Waals surface area contributed by atoms with E-state index in [0.717, 1.165) is 12.8 Å². The average Bonchev–Trinajstić information content (AvgIpc) is 2.82. The molecule has 0 radical (unpaired) electrons. The van der Waals surface area contributed by atoms with Crippen LogP contribution in [0.25, 0.3) is 0 Å². The summed E-state index contributed by atoms with van der Waals surface area (Å²) in [5, 5.41) is 11.9. The van der Waals surface area contributed by atoms with Crippen LogP contribution in [0.2, 0.25) is 0 Å². The fourth-order valence-electron chi connectivity index (χ4n) is 3.27. The van der Waals surface area contributed by atoms with E-state index in [0.29, 0.717) is 5.84 Å². The van der Waals surface area contributed by atoms with Gasteiger partial charge in [0, 0.05) is 5.92 Å². The normalized spacial score (nSPS) is 23.3. The minimum atomic E-state index is 0.198. The molecule has 1 aromatic carbocycles. The van der Waals surface area contributed by atoms with Crippen molar-refractivity contribution in [3.05, 3.63) is 34.4 Å². The van der Waals surface area contributed by atoms with Crippen LogP contribution in [-0.2, 0) is 25.7 Å². The first kappa shape index (κ1) is 10.6. The number of benzene rings is 1. The summed E-state index contributed by atoms with van der Waals surface area (Å²) in [7, 11) is 0. The number of nitrogens with zero attached hydrogens (tertiary/aromatic N) is 1. The molecule has 3 N–H and O–H groups in total. The Bertz CT molecular complexity index is 479. The molecule has 0 saturated carbocycles. The standard InChI is InChI=1S/C14H18N2O/c15-14(16-17)11-7-10-6-5-9-3-1-2-4-12(9)13(10)8-11/h5-6,11,17H,1-4,7-8H2,(H2,15,16). The monoisotopic (exact) mass is 230 g/mol. The van der Waals surface area contributed by atoms with Gasteiger partial charge in [-0.25, -0.2) is 0 Å². The van der Waals surface area contributed by atoms with Crippen molar-refractivity contribution in [2.75, 3.05) is 0 Å². The van der Waals surface area contributed by atoms with Gasteiger partial charge < -0.3 is 10.9 Å². The molecular formula is C14H18N2O. The number of fused-ring (bicyclic) bond motifs is 3. The number of aryl methyl sites for hydroxylation is 1. The quantitative estimate of drug-likeness (QED) is 0.335. The second-order valence-corrected chi connectivity index (χ2v) is 5.18. The molecule has 90 valence electrons. The fourth-order valence-corrected chi connectivity index (χ4v) is 3.27. The van der Waals surface area contributed by atoms with Crippen LogP contribution < -0.4 is 5.73 Å². The van der Waals surface area contributed by atoms with Gasteiger partial charge in [0.05, 0.1) is 0 Å². The number of hydrogen-bond donors (Lipinski definition) is 2. The number of amidine groups is 1. The van der Waals surface area contributed by atoms with E-state index in [-0.39, 0.29) is 5.92 Å². The molecule has 3 heteroatoms.